The molecule has 0 spiro atoms. The molecule has 0 saturated carbocycles. The van der Waals surface area contributed by atoms with Crippen LogP contribution in [0, 0.1) is 5.92 Å². The smallest absolute Gasteiger partial charge is 0.319 e. The first kappa shape index (κ1) is 19.2. The van der Waals surface area contributed by atoms with Crippen LogP contribution in [0.1, 0.15) is 25.7 Å². The summed E-state index contributed by atoms with van der Waals surface area (Å²) in [5, 5.41) is 6.05. The fourth-order valence-electron chi connectivity index (χ4n) is 3.77. The van der Waals surface area contributed by atoms with Gasteiger partial charge >= 0.3 is 6.03 Å². The predicted molar refractivity (Wildman–Crippen MR) is 112 cm³/mol. The van der Waals surface area contributed by atoms with Crippen LogP contribution >= 0.6 is 22.9 Å². The number of hydrogen-bond donors (Lipinski definition) is 1. The second-order valence-corrected chi connectivity index (χ2v) is 8.51. The maximum atomic E-state index is 12.6. The van der Waals surface area contributed by atoms with E-state index in [2.05, 4.69) is 10.3 Å². The Hall–Kier alpha value is -2.12. The summed E-state index contributed by atoms with van der Waals surface area (Å²) in [6, 6.07) is 7.65. The van der Waals surface area contributed by atoms with Crippen molar-refractivity contribution < 1.29 is 9.59 Å². The summed E-state index contributed by atoms with van der Waals surface area (Å²) < 4.78 is 0. The summed E-state index contributed by atoms with van der Waals surface area (Å²) in [7, 11) is 0. The first-order valence-electron chi connectivity index (χ1n) is 9.67. The zero-order valence-corrected chi connectivity index (χ0v) is 17.1. The molecule has 0 aliphatic carbocycles. The van der Waals surface area contributed by atoms with Gasteiger partial charge in [-0.3, -0.25) is 4.79 Å². The fraction of sp³-hybridized carbons (Fsp3) is 0.450. The molecule has 2 fully saturated rings. The number of benzene rings is 1. The van der Waals surface area contributed by atoms with Crippen molar-refractivity contribution in [3.8, 4) is 11.3 Å². The van der Waals surface area contributed by atoms with Gasteiger partial charge in [0.25, 0.3) is 0 Å². The van der Waals surface area contributed by atoms with Crippen LogP contribution in [0.2, 0.25) is 5.02 Å². The van der Waals surface area contributed by atoms with Gasteiger partial charge in [0.2, 0.25) is 5.91 Å². The topological polar surface area (TPSA) is 65.5 Å². The molecule has 1 aromatic heterocycles. The highest BCUT2D eigenvalue weighted by molar-refractivity contribution is 7.14. The molecule has 1 N–H and O–H groups in total. The molecule has 8 heteroatoms. The molecule has 2 aliphatic heterocycles. The lowest BCUT2D eigenvalue weighted by Crippen LogP contribution is -2.47. The van der Waals surface area contributed by atoms with Crippen LogP contribution in [0.3, 0.4) is 0 Å². The number of halogens is 1. The van der Waals surface area contributed by atoms with Gasteiger partial charge in [-0.25, -0.2) is 9.78 Å². The van der Waals surface area contributed by atoms with Crippen LogP contribution in [0.5, 0.6) is 0 Å². The number of carbonyl (C=O) groups is 2. The molecule has 2 aromatic rings. The number of piperidine rings is 1. The summed E-state index contributed by atoms with van der Waals surface area (Å²) >= 11 is 7.62. The first-order chi connectivity index (χ1) is 13.6. The Morgan fingerprint density at radius 1 is 1.07 bits per heavy atom. The van der Waals surface area contributed by atoms with Crippen molar-refractivity contribution in [2.75, 3.05) is 31.5 Å². The minimum Gasteiger partial charge on any atom is -0.325 e. The number of nitrogens with zero attached hydrogens (tertiary/aromatic N) is 3. The second-order valence-electron chi connectivity index (χ2n) is 7.25. The van der Waals surface area contributed by atoms with Gasteiger partial charge in [-0.2, -0.15) is 0 Å². The number of nitrogens with one attached hydrogen (secondary N) is 1. The normalized spacial score (nSPS) is 17.8. The highest BCUT2D eigenvalue weighted by Crippen LogP contribution is 2.31. The number of amides is 3. The predicted octanol–water partition coefficient (Wildman–Crippen LogP) is 4.33. The van der Waals surface area contributed by atoms with Crippen molar-refractivity contribution in [1.82, 2.24) is 14.8 Å². The first-order valence-corrected chi connectivity index (χ1v) is 10.9. The molecule has 4 rings (SSSR count). The zero-order valence-electron chi connectivity index (χ0n) is 15.6. The molecule has 0 radical (unpaired) electrons. The van der Waals surface area contributed by atoms with Crippen molar-refractivity contribution in [3.63, 3.8) is 0 Å². The van der Waals surface area contributed by atoms with Crippen LogP contribution in [0.15, 0.2) is 29.6 Å². The molecular formula is C20H23ClN4O2S. The minimum absolute atomic E-state index is 0.0201. The summed E-state index contributed by atoms with van der Waals surface area (Å²) in [6.07, 6.45) is 3.56. The number of urea groups is 1. The molecular weight excluding hydrogens is 396 g/mol. The van der Waals surface area contributed by atoms with Gasteiger partial charge in [0.1, 0.15) is 0 Å². The van der Waals surface area contributed by atoms with E-state index in [1.807, 2.05) is 39.4 Å². The van der Waals surface area contributed by atoms with Crippen LogP contribution < -0.4 is 5.32 Å². The van der Waals surface area contributed by atoms with Crippen molar-refractivity contribution >= 4 is 40.0 Å². The number of carbonyl (C=O) groups excluding carboxylic acids is 2. The number of aromatic nitrogens is 1. The van der Waals surface area contributed by atoms with E-state index < -0.39 is 0 Å². The quantitative estimate of drug-likeness (QED) is 0.806. The molecule has 0 unspecified atom stereocenters. The van der Waals surface area contributed by atoms with Crippen molar-refractivity contribution in [1.29, 1.82) is 0 Å². The van der Waals surface area contributed by atoms with Crippen LogP contribution in [0.25, 0.3) is 11.3 Å². The van der Waals surface area contributed by atoms with Crippen molar-refractivity contribution in [2.45, 2.75) is 25.7 Å². The zero-order chi connectivity index (χ0) is 19.5. The van der Waals surface area contributed by atoms with E-state index in [0.717, 1.165) is 37.2 Å². The lowest BCUT2D eigenvalue weighted by Gasteiger charge is -2.33. The number of rotatable bonds is 3. The number of likely N-dealkylation sites (tertiary alicyclic amines) is 2. The van der Waals surface area contributed by atoms with Gasteiger partial charge in [-0.15, -0.1) is 11.3 Å². The Morgan fingerprint density at radius 3 is 2.46 bits per heavy atom. The van der Waals surface area contributed by atoms with Gasteiger partial charge in [-0.1, -0.05) is 29.8 Å². The van der Waals surface area contributed by atoms with E-state index in [1.165, 1.54) is 11.3 Å². The van der Waals surface area contributed by atoms with Crippen molar-refractivity contribution in [3.05, 3.63) is 34.7 Å². The molecule has 2 aliphatic rings. The molecule has 2 saturated heterocycles. The monoisotopic (exact) mass is 418 g/mol. The average molecular weight is 419 g/mol. The van der Waals surface area contributed by atoms with E-state index in [9.17, 15) is 9.59 Å². The third-order valence-corrected chi connectivity index (χ3v) is 6.48. The lowest BCUT2D eigenvalue weighted by molar-refractivity contribution is -0.121. The molecule has 0 atom stereocenters. The maximum absolute atomic E-state index is 12.6. The summed E-state index contributed by atoms with van der Waals surface area (Å²) in [5.74, 6) is -0.108. The Balaban J connectivity index is 1.31. The largest absolute Gasteiger partial charge is 0.325 e. The van der Waals surface area contributed by atoms with Gasteiger partial charge in [0.15, 0.2) is 5.13 Å². The number of thiazole rings is 1. The molecule has 148 valence electrons. The molecule has 1 aromatic carbocycles. The molecule has 0 bridgehead atoms. The molecule has 3 heterocycles. The average Bonchev–Trinajstić information content (AvgIpc) is 3.40. The SMILES string of the molecule is O=C(Nc1nc(-c2ccccc2Cl)cs1)C1CCN(C(=O)N2CCCC2)CC1. The summed E-state index contributed by atoms with van der Waals surface area (Å²) in [4.78, 5) is 33.4. The van der Waals surface area contributed by atoms with Crippen LogP contribution in [-0.4, -0.2) is 52.9 Å². The molecule has 28 heavy (non-hydrogen) atoms. The Morgan fingerprint density at radius 2 is 1.75 bits per heavy atom. The van der Waals surface area contributed by atoms with Crippen LogP contribution in [0.4, 0.5) is 9.93 Å². The number of hydrogen-bond acceptors (Lipinski definition) is 4. The molecule has 3 amide bonds. The standard InChI is InChI=1S/C20H23ClN4O2S/c21-16-6-2-1-5-15(16)17-13-28-19(22-17)23-18(26)14-7-11-25(12-8-14)20(27)24-9-3-4-10-24/h1-2,5-6,13-14H,3-4,7-12H2,(H,22,23,26). The van der Waals surface area contributed by atoms with Gasteiger partial charge in [0.05, 0.1) is 5.69 Å². The Labute approximate surface area is 173 Å². The van der Waals surface area contributed by atoms with E-state index >= 15 is 0 Å². The third kappa shape index (κ3) is 4.15. The Kier molecular flexibility index (Phi) is 5.82. The van der Waals surface area contributed by atoms with Gasteiger partial charge in [-0.05, 0) is 31.7 Å². The third-order valence-electron chi connectivity index (χ3n) is 5.40. The lowest BCUT2D eigenvalue weighted by atomic mass is 9.96. The van der Waals surface area contributed by atoms with E-state index in [4.69, 9.17) is 11.6 Å². The fourth-order valence-corrected chi connectivity index (χ4v) is 4.72. The van der Waals surface area contributed by atoms with Gasteiger partial charge < -0.3 is 15.1 Å². The van der Waals surface area contributed by atoms with Gasteiger partial charge in [0, 0.05) is 48.1 Å². The van der Waals surface area contributed by atoms with E-state index in [-0.39, 0.29) is 17.9 Å². The van der Waals surface area contributed by atoms with E-state index in [0.29, 0.717) is 36.1 Å². The molecule has 6 nitrogen and oxygen atoms in total. The van der Waals surface area contributed by atoms with Crippen LogP contribution in [-0.2, 0) is 4.79 Å². The highest BCUT2D eigenvalue weighted by atomic mass is 35.5. The summed E-state index contributed by atoms with van der Waals surface area (Å²) in [5.41, 5.74) is 1.62. The summed E-state index contributed by atoms with van der Waals surface area (Å²) in [6.45, 7) is 2.99. The number of anilines is 1. The highest BCUT2D eigenvalue weighted by Gasteiger charge is 2.30. The minimum atomic E-state index is -0.0877. The second kappa shape index (κ2) is 8.49. The van der Waals surface area contributed by atoms with Crippen molar-refractivity contribution in [2.24, 2.45) is 5.92 Å². The Bertz CT molecular complexity index is 857. The van der Waals surface area contributed by atoms with E-state index in [1.54, 1.807) is 0 Å². The maximum Gasteiger partial charge on any atom is 0.319 e.